The van der Waals surface area contributed by atoms with Gasteiger partial charge in [-0.25, -0.2) is 4.68 Å². The average molecular weight is 330 g/mol. The number of esters is 1. The average Bonchev–Trinajstić information content (AvgIpc) is 3.21. The molecule has 0 amide bonds. The summed E-state index contributed by atoms with van der Waals surface area (Å²) in [4.78, 5) is 23.0. The predicted octanol–water partition coefficient (Wildman–Crippen LogP) is 1.39. The Labute approximate surface area is 119 Å². The number of halogens is 1. The van der Waals surface area contributed by atoms with Crippen molar-refractivity contribution < 1.29 is 9.53 Å². The molecule has 0 radical (unpaired) electrons. The minimum absolute atomic E-state index is 0.144. The van der Waals surface area contributed by atoms with Crippen molar-refractivity contribution in [2.75, 3.05) is 19.0 Å². The summed E-state index contributed by atoms with van der Waals surface area (Å²) in [5, 5.41) is 7.12. The number of nitrogens with zero attached hydrogens (tertiary/aromatic N) is 2. The molecule has 0 aliphatic heterocycles. The molecule has 104 valence electrons. The first-order chi connectivity index (χ1) is 9.11. The zero-order valence-electron chi connectivity index (χ0n) is 10.7. The number of anilines is 1. The van der Waals surface area contributed by atoms with Crippen LogP contribution in [0, 0.1) is 5.92 Å². The number of hydrogen-bond donors (Lipinski definition) is 1. The Morgan fingerprint density at radius 2 is 2.37 bits per heavy atom. The van der Waals surface area contributed by atoms with Crippen LogP contribution in [0.15, 0.2) is 15.5 Å². The van der Waals surface area contributed by atoms with Crippen LogP contribution in [0.25, 0.3) is 0 Å². The fraction of sp³-hybridized carbons (Fsp3) is 0.583. The molecule has 0 saturated heterocycles. The van der Waals surface area contributed by atoms with E-state index in [1.165, 1.54) is 24.6 Å². The van der Waals surface area contributed by atoms with Crippen molar-refractivity contribution in [2.45, 2.75) is 25.8 Å². The van der Waals surface area contributed by atoms with Crippen molar-refractivity contribution in [3.8, 4) is 0 Å². The molecule has 1 aromatic rings. The van der Waals surface area contributed by atoms with Crippen molar-refractivity contribution in [1.29, 1.82) is 0 Å². The fourth-order valence-corrected chi connectivity index (χ4v) is 2.11. The highest BCUT2D eigenvalue weighted by atomic mass is 79.9. The Hall–Kier alpha value is -1.37. The highest BCUT2D eigenvalue weighted by Gasteiger charge is 2.23. The maximum atomic E-state index is 12.0. The minimum atomic E-state index is -0.293. The van der Waals surface area contributed by atoms with Crippen LogP contribution in [-0.2, 0) is 16.1 Å². The molecule has 0 unspecified atom stereocenters. The molecule has 0 aromatic carbocycles. The van der Waals surface area contributed by atoms with Gasteiger partial charge in [0.05, 0.1) is 25.4 Å². The van der Waals surface area contributed by atoms with Gasteiger partial charge in [-0.1, -0.05) is 0 Å². The SMILES string of the molecule is COC(=O)CCNc1cnn(CC2CC2)c(=O)c1Br. The predicted molar refractivity (Wildman–Crippen MR) is 74.0 cm³/mol. The van der Waals surface area contributed by atoms with Crippen LogP contribution < -0.4 is 10.9 Å². The summed E-state index contributed by atoms with van der Waals surface area (Å²) in [7, 11) is 1.35. The molecule has 1 aliphatic carbocycles. The molecular weight excluding hydrogens is 314 g/mol. The van der Waals surface area contributed by atoms with Gasteiger partial charge in [0.15, 0.2) is 0 Å². The van der Waals surface area contributed by atoms with Crippen LogP contribution in [-0.4, -0.2) is 29.4 Å². The monoisotopic (exact) mass is 329 g/mol. The summed E-state index contributed by atoms with van der Waals surface area (Å²) in [6.07, 6.45) is 4.19. The smallest absolute Gasteiger partial charge is 0.307 e. The zero-order valence-corrected chi connectivity index (χ0v) is 12.3. The molecule has 1 N–H and O–H groups in total. The van der Waals surface area contributed by atoms with Crippen molar-refractivity contribution in [2.24, 2.45) is 5.92 Å². The van der Waals surface area contributed by atoms with E-state index >= 15 is 0 Å². The van der Waals surface area contributed by atoms with Crippen molar-refractivity contribution in [1.82, 2.24) is 9.78 Å². The van der Waals surface area contributed by atoms with E-state index in [0.29, 0.717) is 29.2 Å². The number of rotatable bonds is 6. The van der Waals surface area contributed by atoms with Gasteiger partial charge in [0, 0.05) is 13.1 Å². The van der Waals surface area contributed by atoms with E-state index in [1.807, 2.05) is 0 Å². The zero-order chi connectivity index (χ0) is 13.8. The molecule has 2 rings (SSSR count). The van der Waals surface area contributed by atoms with E-state index in [0.717, 1.165) is 0 Å². The van der Waals surface area contributed by atoms with Gasteiger partial charge in [-0.15, -0.1) is 0 Å². The Balaban J connectivity index is 1.99. The summed E-state index contributed by atoms with van der Waals surface area (Å²) < 4.78 is 6.47. The summed E-state index contributed by atoms with van der Waals surface area (Å²) in [6.45, 7) is 1.08. The molecule has 1 heterocycles. The summed E-state index contributed by atoms with van der Waals surface area (Å²) >= 11 is 3.27. The second kappa shape index (κ2) is 6.18. The molecule has 19 heavy (non-hydrogen) atoms. The Kier molecular flexibility index (Phi) is 4.57. The lowest BCUT2D eigenvalue weighted by molar-refractivity contribution is -0.140. The van der Waals surface area contributed by atoms with Gasteiger partial charge in [-0.3, -0.25) is 9.59 Å². The molecular formula is C12H16BrN3O3. The first-order valence-corrected chi connectivity index (χ1v) is 6.97. The van der Waals surface area contributed by atoms with E-state index in [2.05, 4.69) is 31.1 Å². The normalized spacial score (nSPS) is 14.2. The molecule has 1 aromatic heterocycles. The first-order valence-electron chi connectivity index (χ1n) is 6.18. The molecule has 6 nitrogen and oxygen atoms in total. The van der Waals surface area contributed by atoms with Gasteiger partial charge < -0.3 is 10.1 Å². The van der Waals surface area contributed by atoms with E-state index in [9.17, 15) is 9.59 Å². The number of carbonyl (C=O) groups is 1. The third-order valence-electron chi connectivity index (χ3n) is 2.99. The second-order valence-electron chi connectivity index (χ2n) is 4.56. The molecule has 0 atom stereocenters. The highest BCUT2D eigenvalue weighted by molar-refractivity contribution is 9.10. The van der Waals surface area contributed by atoms with E-state index in [4.69, 9.17) is 0 Å². The molecule has 7 heteroatoms. The number of methoxy groups -OCH3 is 1. The largest absolute Gasteiger partial charge is 0.469 e. The maximum Gasteiger partial charge on any atom is 0.307 e. The van der Waals surface area contributed by atoms with Crippen molar-refractivity contribution in [3.05, 3.63) is 21.0 Å². The third-order valence-corrected chi connectivity index (χ3v) is 3.75. The Bertz CT molecular complexity index is 525. The van der Waals surface area contributed by atoms with Crippen LogP contribution in [0.4, 0.5) is 5.69 Å². The van der Waals surface area contributed by atoms with Crippen LogP contribution in [0.5, 0.6) is 0 Å². The lowest BCUT2D eigenvalue weighted by Crippen LogP contribution is -2.25. The van der Waals surface area contributed by atoms with Crippen LogP contribution in [0.2, 0.25) is 0 Å². The van der Waals surface area contributed by atoms with Crippen LogP contribution >= 0.6 is 15.9 Å². The van der Waals surface area contributed by atoms with Gasteiger partial charge >= 0.3 is 5.97 Å². The van der Waals surface area contributed by atoms with Crippen molar-refractivity contribution in [3.63, 3.8) is 0 Å². The van der Waals surface area contributed by atoms with Gasteiger partial charge in [-0.05, 0) is 34.7 Å². The molecule has 0 spiro atoms. The van der Waals surface area contributed by atoms with Gasteiger partial charge in [0.25, 0.3) is 5.56 Å². The number of aromatic nitrogens is 2. The molecule has 1 saturated carbocycles. The van der Waals surface area contributed by atoms with Crippen LogP contribution in [0.3, 0.4) is 0 Å². The standard InChI is InChI=1S/C12H16BrN3O3/c1-19-10(17)4-5-14-9-6-15-16(7-8-2-3-8)12(18)11(9)13/h6,8,14H,2-5,7H2,1H3. The van der Waals surface area contributed by atoms with E-state index < -0.39 is 0 Å². The molecule has 1 fully saturated rings. The fourth-order valence-electron chi connectivity index (χ4n) is 1.66. The summed E-state index contributed by atoms with van der Waals surface area (Å²) in [6, 6.07) is 0. The van der Waals surface area contributed by atoms with Crippen LogP contribution in [0.1, 0.15) is 19.3 Å². The Morgan fingerprint density at radius 1 is 1.63 bits per heavy atom. The third kappa shape index (κ3) is 3.79. The second-order valence-corrected chi connectivity index (χ2v) is 5.35. The number of carbonyl (C=O) groups excluding carboxylic acids is 1. The van der Waals surface area contributed by atoms with Crippen molar-refractivity contribution >= 4 is 27.6 Å². The summed E-state index contributed by atoms with van der Waals surface area (Å²) in [5.74, 6) is 0.300. The lowest BCUT2D eigenvalue weighted by atomic mass is 10.4. The Morgan fingerprint density at radius 3 is 3.00 bits per heavy atom. The van der Waals surface area contributed by atoms with Gasteiger partial charge in [0.1, 0.15) is 4.47 Å². The summed E-state index contributed by atoms with van der Waals surface area (Å²) in [5.41, 5.74) is 0.455. The highest BCUT2D eigenvalue weighted by Crippen LogP contribution is 2.30. The quantitative estimate of drug-likeness (QED) is 0.798. The number of hydrogen-bond acceptors (Lipinski definition) is 5. The topological polar surface area (TPSA) is 73.2 Å². The molecule has 1 aliphatic rings. The number of nitrogens with one attached hydrogen (secondary N) is 1. The van der Waals surface area contributed by atoms with E-state index in [1.54, 1.807) is 6.20 Å². The van der Waals surface area contributed by atoms with E-state index in [-0.39, 0.29) is 17.9 Å². The maximum absolute atomic E-state index is 12.0. The number of ether oxygens (including phenoxy) is 1. The van der Waals surface area contributed by atoms with Gasteiger partial charge in [0.2, 0.25) is 0 Å². The first kappa shape index (κ1) is 14.0. The lowest BCUT2D eigenvalue weighted by Gasteiger charge is -2.09. The minimum Gasteiger partial charge on any atom is -0.469 e. The van der Waals surface area contributed by atoms with Gasteiger partial charge in [-0.2, -0.15) is 5.10 Å². The molecule has 0 bridgehead atoms.